The number of hydrogen-bond donors (Lipinski definition) is 2. The van der Waals surface area contributed by atoms with Crippen LogP contribution in [0.4, 0.5) is 4.39 Å². The Morgan fingerprint density at radius 2 is 1.94 bits per heavy atom. The maximum atomic E-state index is 13.0. The molecule has 16 heavy (non-hydrogen) atoms. The molecule has 0 saturated carbocycles. The van der Waals surface area contributed by atoms with Crippen LogP contribution in [0, 0.1) is 5.82 Å². The van der Waals surface area contributed by atoms with E-state index >= 15 is 0 Å². The highest BCUT2D eigenvalue weighted by Crippen LogP contribution is 2.18. The molecule has 1 aromatic rings. The summed E-state index contributed by atoms with van der Waals surface area (Å²) in [4.78, 5) is 10.2. The summed E-state index contributed by atoms with van der Waals surface area (Å²) in [5, 5.41) is 0.249. The first-order valence-corrected chi connectivity index (χ1v) is 4.75. The SMILES string of the molecule is N/C(C=O)=C\C=C(/N)c1cc(F)cc(Cl)c1. The molecule has 0 fully saturated rings. The summed E-state index contributed by atoms with van der Waals surface area (Å²) < 4.78 is 13.0. The molecule has 3 nitrogen and oxygen atoms in total. The molecule has 0 saturated heterocycles. The van der Waals surface area contributed by atoms with Gasteiger partial charge < -0.3 is 11.5 Å². The van der Waals surface area contributed by atoms with Crippen LogP contribution in [0.2, 0.25) is 5.02 Å². The minimum atomic E-state index is -0.480. The summed E-state index contributed by atoms with van der Waals surface area (Å²) in [7, 11) is 0. The molecule has 0 heterocycles. The van der Waals surface area contributed by atoms with Crippen molar-refractivity contribution in [3.05, 3.63) is 52.5 Å². The van der Waals surface area contributed by atoms with Crippen LogP contribution in [0.1, 0.15) is 5.56 Å². The standard InChI is InChI=1S/C11H10ClFN2O/c12-8-3-7(4-9(13)5-8)11(15)2-1-10(14)6-16/h1-6H,14-15H2/b10-1-,11-2-. The van der Waals surface area contributed by atoms with Gasteiger partial charge in [0.05, 0.1) is 5.70 Å². The predicted molar refractivity (Wildman–Crippen MR) is 61.9 cm³/mol. The molecular weight excluding hydrogens is 231 g/mol. The zero-order chi connectivity index (χ0) is 12.1. The van der Waals surface area contributed by atoms with Crippen molar-refractivity contribution >= 4 is 23.6 Å². The van der Waals surface area contributed by atoms with Crippen molar-refractivity contribution in [2.75, 3.05) is 0 Å². The maximum Gasteiger partial charge on any atom is 0.165 e. The zero-order valence-corrected chi connectivity index (χ0v) is 9.04. The number of halogens is 2. The highest BCUT2D eigenvalue weighted by molar-refractivity contribution is 6.30. The molecule has 84 valence electrons. The Balaban J connectivity index is 3.04. The van der Waals surface area contributed by atoms with Crippen molar-refractivity contribution < 1.29 is 9.18 Å². The number of aldehydes is 1. The number of carbonyl (C=O) groups is 1. The van der Waals surface area contributed by atoms with Gasteiger partial charge >= 0.3 is 0 Å². The fourth-order valence-corrected chi connectivity index (χ4v) is 1.26. The lowest BCUT2D eigenvalue weighted by molar-refractivity contribution is -0.104. The van der Waals surface area contributed by atoms with E-state index in [1.807, 2.05) is 0 Å². The van der Waals surface area contributed by atoms with E-state index in [1.165, 1.54) is 30.4 Å². The Morgan fingerprint density at radius 3 is 2.50 bits per heavy atom. The molecule has 1 rings (SSSR count). The Bertz CT molecular complexity index is 449. The number of hydrogen-bond acceptors (Lipinski definition) is 3. The molecule has 0 amide bonds. The molecule has 0 atom stereocenters. The van der Waals surface area contributed by atoms with Crippen molar-refractivity contribution in [3.8, 4) is 0 Å². The quantitative estimate of drug-likeness (QED) is 0.481. The Morgan fingerprint density at radius 1 is 1.25 bits per heavy atom. The largest absolute Gasteiger partial charge is 0.398 e. The monoisotopic (exact) mass is 240 g/mol. The number of nitrogens with two attached hydrogens (primary N) is 2. The van der Waals surface area contributed by atoms with E-state index in [9.17, 15) is 9.18 Å². The first-order chi connectivity index (χ1) is 7.52. The lowest BCUT2D eigenvalue weighted by atomic mass is 10.1. The van der Waals surface area contributed by atoms with Gasteiger partial charge in [-0.15, -0.1) is 0 Å². The zero-order valence-electron chi connectivity index (χ0n) is 8.28. The van der Waals surface area contributed by atoms with Crippen LogP contribution < -0.4 is 11.5 Å². The van der Waals surface area contributed by atoms with Crippen LogP contribution in [-0.2, 0) is 4.79 Å². The fraction of sp³-hybridized carbons (Fsp3) is 0. The molecule has 0 radical (unpaired) electrons. The Kier molecular flexibility index (Phi) is 4.08. The van der Waals surface area contributed by atoms with Crippen LogP contribution in [0.5, 0.6) is 0 Å². The first kappa shape index (κ1) is 12.3. The van der Waals surface area contributed by atoms with E-state index in [0.717, 1.165) is 0 Å². The van der Waals surface area contributed by atoms with Gasteiger partial charge in [0.2, 0.25) is 0 Å². The van der Waals surface area contributed by atoms with E-state index in [0.29, 0.717) is 11.8 Å². The van der Waals surface area contributed by atoms with E-state index in [-0.39, 0.29) is 16.4 Å². The third kappa shape index (κ3) is 3.40. The molecule has 0 aliphatic carbocycles. The lowest BCUT2D eigenvalue weighted by Gasteiger charge is -2.01. The van der Waals surface area contributed by atoms with Crippen molar-refractivity contribution in [1.82, 2.24) is 0 Å². The highest BCUT2D eigenvalue weighted by Gasteiger charge is 2.01. The highest BCUT2D eigenvalue weighted by atomic mass is 35.5. The molecule has 0 aliphatic rings. The van der Waals surface area contributed by atoms with Gasteiger partial charge in [0.1, 0.15) is 5.82 Å². The normalized spacial score (nSPS) is 12.6. The number of allylic oxidation sites excluding steroid dienone is 3. The van der Waals surface area contributed by atoms with E-state index in [1.54, 1.807) is 0 Å². The van der Waals surface area contributed by atoms with Crippen molar-refractivity contribution in [1.29, 1.82) is 0 Å². The summed E-state index contributed by atoms with van der Waals surface area (Å²) in [5.74, 6) is -0.480. The van der Waals surface area contributed by atoms with E-state index < -0.39 is 5.82 Å². The fourth-order valence-electron chi connectivity index (χ4n) is 1.04. The third-order valence-electron chi connectivity index (χ3n) is 1.79. The topological polar surface area (TPSA) is 69.1 Å². The second kappa shape index (κ2) is 5.32. The second-order valence-electron chi connectivity index (χ2n) is 3.06. The van der Waals surface area contributed by atoms with Gasteiger partial charge in [0, 0.05) is 16.3 Å². The van der Waals surface area contributed by atoms with Crippen LogP contribution >= 0.6 is 11.6 Å². The Hall–Kier alpha value is -1.81. The summed E-state index contributed by atoms with van der Waals surface area (Å²) in [6.07, 6.45) is 3.23. The molecule has 0 unspecified atom stereocenters. The summed E-state index contributed by atoms with van der Waals surface area (Å²) in [5.41, 5.74) is 11.6. The van der Waals surface area contributed by atoms with Gasteiger partial charge in [0.15, 0.2) is 6.29 Å². The summed E-state index contributed by atoms with van der Waals surface area (Å²) >= 11 is 5.67. The minimum absolute atomic E-state index is 0.0328. The summed E-state index contributed by atoms with van der Waals surface area (Å²) in [6.45, 7) is 0. The second-order valence-corrected chi connectivity index (χ2v) is 3.50. The minimum Gasteiger partial charge on any atom is -0.398 e. The van der Waals surface area contributed by atoms with Crippen molar-refractivity contribution in [3.63, 3.8) is 0 Å². The average molecular weight is 241 g/mol. The molecule has 0 aliphatic heterocycles. The molecule has 1 aromatic carbocycles. The molecule has 5 heteroatoms. The van der Waals surface area contributed by atoms with Crippen LogP contribution in [0.3, 0.4) is 0 Å². The summed E-state index contributed by atoms with van der Waals surface area (Å²) in [6, 6.07) is 3.93. The number of rotatable bonds is 3. The van der Waals surface area contributed by atoms with Crippen molar-refractivity contribution in [2.24, 2.45) is 11.5 Å². The first-order valence-electron chi connectivity index (χ1n) is 4.37. The van der Waals surface area contributed by atoms with E-state index in [2.05, 4.69) is 0 Å². The van der Waals surface area contributed by atoms with Crippen LogP contribution in [0.15, 0.2) is 36.0 Å². The molecular formula is C11H10ClFN2O. The van der Waals surface area contributed by atoms with Gasteiger partial charge in [-0.05, 0) is 30.4 Å². The van der Waals surface area contributed by atoms with Gasteiger partial charge in [-0.2, -0.15) is 0 Å². The number of carbonyl (C=O) groups excluding carboxylic acids is 1. The molecule has 0 aromatic heterocycles. The molecule has 4 N–H and O–H groups in total. The van der Waals surface area contributed by atoms with E-state index in [4.69, 9.17) is 23.1 Å². The number of benzene rings is 1. The van der Waals surface area contributed by atoms with Crippen LogP contribution in [-0.4, -0.2) is 6.29 Å². The average Bonchev–Trinajstić information content (AvgIpc) is 2.23. The maximum absolute atomic E-state index is 13.0. The third-order valence-corrected chi connectivity index (χ3v) is 2.01. The van der Waals surface area contributed by atoms with Gasteiger partial charge in [0.25, 0.3) is 0 Å². The Labute approximate surface area is 97.2 Å². The molecule has 0 spiro atoms. The van der Waals surface area contributed by atoms with Crippen molar-refractivity contribution in [2.45, 2.75) is 0 Å². The smallest absolute Gasteiger partial charge is 0.165 e. The molecule has 0 bridgehead atoms. The van der Waals surface area contributed by atoms with Gasteiger partial charge in [-0.25, -0.2) is 4.39 Å². The van der Waals surface area contributed by atoms with Crippen LogP contribution in [0.25, 0.3) is 5.70 Å². The van der Waals surface area contributed by atoms with Gasteiger partial charge in [-0.3, -0.25) is 4.79 Å². The van der Waals surface area contributed by atoms with Gasteiger partial charge in [-0.1, -0.05) is 11.6 Å². The predicted octanol–water partition coefficient (Wildman–Crippen LogP) is 1.82. The lowest BCUT2D eigenvalue weighted by Crippen LogP contribution is -1.99.